The van der Waals surface area contributed by atoms with E-state index in [2.05, 4.69) is 91.2 Å². The highest BCUT2D eigenvalue weighted by molar-refractivity contribution is 5.82. The monoisotopic (exact) mass is 454 g/mol. The molecule has 2 nitrogen and oxygen atoms in total. The van der Waals surface area contributed by atoms with Crippen LogP contribution >= 0.6 is 0 Å². The van der Waals surface area contributed by atoms with Crippen LogP contribution in [0.25, 0.3) is 11.1 Å². The van der Waals surface area contributed by atoms with Crippen molar-refractivity contribution in [2.45, 2.75) is 19.3 Å². The molecule has 0 radical (unpaired) electrons. The van der Waals surface area contributed by atoms with Crippen LogP contribution in [0.15, 0.2) is 133 Å². The Balaban J connectivity index is 0.000000166. The van der Waals surface area contributed by atoms with Crippen LogP contribution in [0.5, 0.6) is 0 Å². The smallest absolute Gasteiger partial charge is 0.0387 e. The van der Waals surface area contributed by atoms with Crippen molar-refractivity contribution in [2.75, 3.05) is 10.6 Å². The van der Waals surface area contributed by atoms with E-state index in [1.165, 1.54) is 22.3 Å². The Morgan fingerprint density at radius 2 is 0.829 bits per heavy atom. The lowest BCUT2D eigenvalue weighted by Crippen LogP contribution is -2.15. The third-order valence-corrected chi connectivity index (χ3v) is 6.48. The maximum atomic E-state index is 3.50. The number of para-hydroxylation sites is 3. The Hall–Kier alpha value is -4.30. The molecule has 0 fully saturated rings. The molecule has 0 saturated heterocycles. The van der Waals surface area contributed by atoms with Crippen LogP contribution in [0.4, 0.5) is 22.7 Å². The lowest BCUT2D eigenvalue weighted by atomic mass is 9.82. The molecule has 2 heteroatoms. The van der Waals surface area contributed by atoms with Gasteiger partial charge in [0.25, 0.3) is 0 Å². The quantitative estimate of drug-likeness (QED) is 0.283. The van der Waals surface area contributed by atoms with E-state index in [-0.39, 0.29) is 5.41 Å². The molecule has 0 bridgehead atoms. The average Bonchev–Trinajstić information content (AvgIpc) is 3.13. The van der Waals surface area contributed by atoms with Gasteiger partial charge in [-0.1, -0.05) is 98.8 Å². The van der Waals surface area contributed by atoms with E-state index in [0.29, 0.717) is 0 Å². The zero-order chi connectivity index (χ0) is 24.1. The van der Waals surface area contributed by atoms with Gasteiger partial charge >= 0.3 is 0 Å². The van der Waals surface area contributed by atoms with Crippen molar-refractivity contribution in [2.24, 2.45) is 0 Å². The summed E-state index contributed by atoms with van der Waals surface area (Å²) >= 11 is 0. The van der Waals surface area contributed by atoms with E-state index in [1.54, 1.807) is 0 Å². The van der Waals surface area contributed by atoms with Crippen molar-refractivity contribution < 1.29 is 0 Å². The van der Waals surface area contributed by atoms with Crippen molar-refractivity contribution in [1.29, 1.82) is 0 Å². The van der Waals surface area contributed by atoms with E-state index >= 15 is 0 Å². The summed E-state index contributed by atoms with van der Waals surface area (Å²) in [6, 6.07) is 46.1. The second-order valence-electron chi connectivity index (χ2n) is 9.28. The van der Waals surface area contributed by atoms with Gasteiger partial charge in [-0.05, 0) is 70.8 Å². The Labute approximate surface area is 208 Å². The summed E-state index contributed by atoms with van der Waals surface area (Å²) in [5.41, 5.74) is 10.1. The number of hydrogen-bond donors (Lipinski definition) is 2. The highest BCUT2D eigenvalue weighted by atomic mass is 14.9. The third-order valence-electron chi connectivity index (χ3n) is 6.48. The van der Waals surface area contributed by atoms with Gasteiger partial charge in [0.05, 0.1) is 0 Å². The zero-order valence-corrected chi connectivity index (χ0v) is 20.2. The van der Waals surface area contributed by atoms with Crippen LogP contribution in [0, 0.1) is 0 Å². The number of fused-ring (bicyclic) bond motifs is 3. The lowest BCUT2D eigenvalue weighted by molar-refractivity contribution is 0.660. The van der Waals surface area contributed by atoms with Gasteiger partial charge in [0.1, 0.15) is 0 Å². The van der Waals surface area contributed by atoms with Crippen LogP contribution in [-0.4, -0.2) is 0 Å². The van der Waals surface area contributed by atoms with Crippen molar-refractivity contribution >= 4 is 22.7 Å². The number of benzene rings is 5. The Bertz CT molecular complexity index is 1350. The second-order valence-corrected chi connectivity index (χ2v) is 9.28. The summed E-state index contributed by atoms with van der Waals surface area (Å²) in [5.74, 6) is 0. The molecular weight excluding hydrogens is 424 g/mol. The normalized spacial score (nSPS) is 12.5. The molecular formula is C33H30N2. The molecule has 1 aliphatic rings. The Morgan fingerprint density at radius 3 is 1.37 bits per heavy atom. The van der Waals surface area contributed by atoms with Gasteiger partial charge in [0.15, 0.2) is 0 Å². The van der Waals surface area contributed by atoms with Crippen molar-refractivity contribution in [3.05, 3.63) is 145 Å². The lowest BCUT2D eigenvalue weighted by Gasteiger charge is -2.22. The molecule has 35 heavy (non-hydrogen) atoms. The molecule has 172 valence electrons. The Kier molecular flexibility index (Phi) is 6.36. The van der Waals surface area contributed by atoms with Gasteiger partial charge in [0, 0.05) is 28.2 Å². The second kappa shape index (κ2) is 9.90. The van der Waals surface area contributed by atoms with Gasteiger partial charge in [-0.3, -0.25) is 0 Å². The molecule has 2 N–H and O–H groups in total. The summed E-state index contributed by atoms with van der Waals surface area (Å²) in [6.45, 7) is 4.62. The summed E-state index contributed by atoms with van der Waals surface area (Å²) in [4.78, 5) is 0. The number of nitrogens with one attached hydrogen (secondary N) is 2. The first kappa shape index (κ1) is 22.5. The fraction of sp³-hybridized carbons (Fsp3) is 0.0909. The van der Waals surface area contributed by atoms with Crippen LogP contribution in [0.2, 0.25) is 0 Å². The summed E-state index contributed by atoms with van der Waals surface area (Å²) in [5, 5.41) is 6.80. The summed E-state index contributed by atoms with van der Waals surface area (Å²) in [6.07, 6.45) is 0. The first-order valence-corrected chi connectivity index (χ1v) is 12.0. The molecule has 0 amide bonds. The zero-order valence-electron chi connectivity index (χ0n) is 20.2. The van der Waals surface area contributed by atoms with Crippen LogP contribution in [-0.2, 0) is 5.41 Å². The minimum Gasteiger partial charge on any atom is -0.356 e. The SMILES string of the molecule is CC1(C)c2ccccc2-c2ccc(Nc3ccccc3)cc21.c1ccc(Nc2ccccc2)cc1. The van der Waals surface area contributed by atoms with E-state index in [9.17, 15) is 0 Å². The molecule has 0 aromatic heterocycles. The van der Waals surface area contributed by atoms with Crippen molar-refractivity contribution in [1.82, 2.24) is 0 Å². The van der Waals surface area contributed by atoms with Crippen LogP contribution in [0.1, 0.15) is 25.0 Å². The largest absolute Gasteiger partial charge is 0.356 e. The molecule has 5 aromatic carbocycles. The predicted molar refractivity (Wildman–Crippen MR) is 150 cm³/mol. The predicted octanol–water partition coefficient (Wildman–Crippen LogP) is 9.17. The van der Waals surface area contributed by atoms with E-state index in [1.807, 2.05) is 66.7 Å². The topological polar surface area (TPSA) is 24.1 Å². The fourth-order valence-corrected chi connectivity index (χ4v) is 4.68. The van der Waals surface area contributed by atoms with E-state index in [4.69, 9.17) is 0 Å². The summed E-state index contributed by atoms with van der Waals surface area (Å²) < 4.78 is 0. The average molecular weight is 455 g/mol. The van der Waals surface area contributed by atoms with Crippen LogP contribution < -0.4 is 10.6 Å². The van der Waals surface area contributed by atoms with Gasteiger partial charge in [-0.25, -0.2) is 0 Å². The number of rotatable bonds is 4. The molecule has 0 saturated carbocycles. The maximum Gasteiger partial charge on any atom is 0.0387 e. The molecule has 6 rings (SSSR count). The van der Waals surface area contributed by atoms with E-state index in [0.717, 1.165) is 22.7 Å². The molecule has 0 atom stereocenters. The standard InChI is InChI=1S/C21H19N.C12H11N/c1-21(2)19-11-7-6-10-17(19)18-13-12-16(14-20(18)21)22-15-8-4-3-5-9-15;1-3-7-11(8-4-1)13-12-9-5-2-6-10-12/h3-14,22H,1-2H3;1-10,13H. The minimum absolute atomic E-state index is 0.0559. The minimum atomic E-state index is 0.0559. The van der Waals surface area contributed by atoms with E-state index < -0.39 is 0 Å². The van der Waals surface area contributed by atoms with Crippen molar-refractivity contribution in [3.63, 3.8) is 0 Å². The highest BCUT2D eigenvalue weighted by Crippen LogP contribution is 2.49. The molecule has 1 aliphatic carbocycles. The van der Waals surface area contributed by atoms with Gasteiger partial charge in [-0.15, -0.1) is 0 Å². The number of anilines is 4. The molecule has 0 heterocycles. The van der Waals surface area contributed by atoms with Crippen molar-refractivity contribution in [3.8, 4) is 11.1 Å². The van der Waals surface area contributed by atoms with Gasteiger partial charge in [0.2, 0.25) is 0 Å². The summed E-state index contributed by atoms with van der Waals surface area (Å²) in [7, 11) is 0. The van der Waals surface area contributed by atoms with Crippen LogP contribution in [0.3, 0.4) is 0 Å². The fourth-order valence-electron chi connectivity index (χ4n) is 4.68. The van der Waals surface area contributed by atoms with Gasteiger partial charge < -0.3 is 10.6 Å². The first-order chi connectivity index (χ1) is 17.1. The Morgan fingerprint density at radius 1 is 0.400 bits per heavy atom. The van der Waals surface area contributed by atoms with Gasteiger partial charge in [-0.2, -0.15) is 0 Å². The molecule has 5 aromatic rings. The molecule has 0 unspecified atom stereocenters. The molecule has 0 spiro atoms. The third kappa shape index (κ3) is 4.97. The highest BCUT2D eigenvalue weighted by Gasteiger charge is 2.35. The number of hydrogen-bond acceptors (Lipinski definition) is 2. The molecule has 0 aliphatic heterocycles. The maximum absolute atomic E-state index is 3.50. The first-order valence-electron chi connectivity index (χ1n) is 12.0.